The number of carbonyl (C=O) groups excluding carboxylic acids is 2. The highest BCUT2D eigenvalue weighted by Gasteiger charge is 2.43. The van der Waals surface area contributed by atoms with Gasteiger partial charge in [0, 0.05) is 31.9 Å². The summed E-state index contributed by atoms with van der Waals surface area (Å²) in [5.41, 5.74) is 1.21. The lowest BCUT2D eigenvalue weighted by molar-refractivity contribution is -0.123. The number of halogens is 2. The number of carbonyl (C=O) groups is 2. The molecule has 27 heavy (non-hydrogen) atoms. The minimum atomic E-state index is -0.517. The molecule has 140 valence electrons. The molecule has 4 rings (SSSR count). The number of hydrogen-bond acceptors (Lipinski definition) is 4. The van der Waals surface area contributed by atoms with E-state index in [2.05, 4.69) is 4.90 Å². The number of amides is 2. The van der Waals surface area contributed by atoms with Crippen molar-refractivity contribution in [2.24, 2.45) is 0 Å². The molecule has 2 fully saturated rings. The van der Waals surface area contributed by atoms with Crippen LogP contribution in [0.25, 0.3) is 0 Å². The Balaban J connectivity index is 1.44. The van der Waals surface area contributed by atoms with Gasteiger partial charge in [0.05, 0.1) is 18.2 Å². The number of anilines is 2. The van der Waals surface area contributed by atoms with Gasteiger partial charge in [0.15, 0.2) is 0 Å². The van der Waals surface area contributed by atoms with Crippen LogP contribution in [-0.2, 0) is 9.59 Å². The first kappa shape index (κ1) is 17.6. The average Bonchev–Trinajstić information content (AvgIpc) is 2.97. The predicted octanol–water partition coefficient (Wildman–Crippen LogP) is 2.42. The highest BCUT2D eigenvalue weighted by atomic mass is 19.1. The van der Waals surface area contributed by atoms with E-state index in [1.807, 2.05) is 4.90 Å². The topological polar surface area (TPSA) is 43.9 Å². The molecular weight excluding hydrogens is 352 g/mol. The van der Waals surface area contributed by atoms with E-state index in [4.69, 9.17) is 0 Å². The third-order valence-electron chi connectivity index (χ3n) is 5.14. The van der Waals surface area contributed by atoms with Crippen LogP contribution in [0.1, 0.15) is 6.42 Å². The monoisotopic (exact) mass is 371 g/mol. The van der Waals surface area contributed by atoms with Gasteiger partial charge in [0.1, 0.15) is 11.6 Å². The van der Waals surface area contributed by atoms with Gasteiger partial charge in [-0.25, -0.2) is 13.7 Å². The Morgan fingerprint density at radius 1 is 0.815 bits per heavy atom. The van der Waals surface area contributed by atoms with E-state index in [-0.39, 0.29) is 29.7 Å². The molecule has 2 saturated heterocycles. The first-order valence-electron chi connectivity index (χ1n) is 8.90. The van der Waals surface area contributed by atoms with Crippen LogP contribution < -0.4 is 9.80 Å². The van der Waals surface area contributed by atoms with Crippen LogP contribution >= 0.6 is 0 Å². The molecule has 0 saturated carbocycles. The summed E-state index contributed by atoms with van der Waals surface area (Å²) in [5, 5.41) is 0. The van der Waals surface area contributed by atoms with Crippen LogP contribution in [0.5, 0.6) is 0 Å². The first-order chi connectivity index (χ1) is 13.0. The normalized spacial score (nSPS) is 21.2. The van der Waals surface area contributed by atoms with Crippen LogP contribution in [0.15, 0.2) is 48.5 Å². The first-order valence-corrected chi connectivity index (χ1v) is 8.90. The van der Waals surface area contributed by atoms with Crippen LogP contribution in [0.2, 0.25) is 0 Å². The van der Waals surface area contributed by atoms with Gasteiger partial charge in [-0.15, -0.1) is 0 Å². The number of benzene rings is 2. The van der Waals surface area contributed by atoms with Crippen molar-refractivity contribution < 1.29 is 18.4 Å². The van der Waals surface area contributed by atoms with Crippen molar-refractivity contribution in [3.05, 3.63) is 60.2 Å². The summed E-state index contributed by atoms with van der Waals surface area (Å²) < 4.78 is 26.5. The summed E-state index contributed by atoms with van der Waals surface area (Å²) >= 11 is 0. The fourth-order valence-corrected chi connectivity index (χ4v) is 3.73. The molecule has 2 amide bonds. The van der Waals surface area contributed by atoms with Crippen LogP contribution in [-0.4, -0.2) is 48.9 Å². The van der Waals surface area contributed by atoms with E-state index in [0.29, 0.717) is 26.2 Å². The van der Waals surface area contributed by atoms with Crippen molar-refractivity contribution in [2.75, 3.05) is 36.0 Å². The molecule has 0 spiro atoms. The van der Waals surface area contributed by atoms with Gasteiger partial charge in [-0.2, -0.15) is 0 Å². The highest BCUT2D eigenvalue weighted by molar-refractivity contribution is 6.22. The Bertz CT molecular complexity index is 864. The number of nitrogens with zero attached hydrogens (tertiary/aromatic N) is 3. The summed E-state index contributed by atoms with van der Waals surface area (Å²) in [4.78, 5) is 30.4. The molecule has 0 bridgehead atoms. The third-order valence-corrected chi connectivity index (χ3v) is 5.14. The summed E-state index contributed by atoms with van der Waals surface area (Å²) in [7, 11) is 0. The summed E-state index contributed by atoms with van der Waals surface area (Å²) in [6.07, 6.45) is 0.103. The largest absolute Gasteiger partial charge is 0.369 e. The SMILES string of the molecule is O=C1C[C@H](N2CCN(c3ccc(F)cc3)CC2)C(=O)N1c1cccc(F)c1. The zero-order valence-corrected chi connectivity index (χ0v) is 14.6. The van der Waals surface area contributed by atoms with E-state index in [1.165, 1.54) is 30.3 Å². The van der Waals surface area contributed by atoms with Gasteiger partial charge in [0.2, 0.25) is 5.91 Å². The molecule has 2 aliphatic heterocycles. The maximum Gasteiger partial charge on any atom is 0.251 e. The molecule has 0 unspecified atom stereocenters. The second kappa shape index (κ2) is 7.08. The number of rotatable bonds is 3. The van der Waals surface area contributed by atoms with E-state index in [9.17, 15) is 18.4 Å². The predicted molar refractivity (Wildman–Crippen MR) is 97.5 cm³/mol. The van der Waals surface area contributed by atoms with Crippen LogP contribution in [0.3, 0.4) is 0 Å². The van der Waals surface area contributed by atoms with Crippen LogP contribution in [0, 0.1) is 11.6 Å². The highest BCUT2D eigenvalue weighted by Crippen LogP contribution is 2.27. The Hall–Kier alpha value is -2.80. The second-order valence-corrected chi connectivity index (χ2v) is 6.77. The maximum atomic E-state index is 13.5. The molecule has 2 heterocycles. The third kappa shape index (κ3) is 3.42. The van der Waals surface area contributed by atoms with Gasteiger partial charge in [-0.05, 0) is 42.5 Å². The van der Waals surface area contributed by atoms with Crippen molar-refractivity contribution in [3.8, 4) is 0 Å². The molecular formula is C20H19F2N3O2. The lowest BCUT2D eigenvalue weighted by Crippen LogP contribution is -2.52. The maximum absolute atomic E-state index is 13.5. The molecule has 0 aromatic heterocycles. The molecule has 0 radical (unpaired) electrons. The zero-order chi connectivity index (χ0) is 19.0. The molecule has 7 heteroatoms. The molecule has 2 aromatic carbocycles. The molecule has 0 aliphatic carbocycles. The molecule has 1 atom stereocenters. The number of hydrogen-bond donors (Lipinski definition) is 0. The number of piperazine rings is 1. The lowest BCUT2D eigenvalue weighted by Gasteiger charge is -2.38. The van der Waals surface area contributed by atoms with Crippen LogP contribution in [0.4, 0.5) is 20.2 Å². The van der Waals surface area contributed by atoms with E-state index in [1.54, 1.807) is 18.2 Å². The Morgan fingerprint density at radius 2 is 1.52 bits per heavy atom. The molecule has 2 aliphatic rings. The fourth-order valence-electron chi connectivity index (χ4n) is 3.73. The van der Waals surface area contributed by atoms with Gasteiger partial charge in [-0.1, -0.05) is 6.07 Å². The quantitative estimate of drug-likeness (QED) is 0.778. The van der Waals surface area contributed by atoms with Crippen molar-refractivity contribution >= 4 is 23.2 Å². The minimum absolute atomic E-state index is 0.103. The second-order valence-electron chi connectivity index (χ2n) is 6.77. The number of imide groups is 1. The Morgan fingerprint density at radius 3 is 2.19 bits per heavy atom. The van der Waals surface area contributed by atoms with Crippen molar-refractivity contribution in [3.63, 3.8) is 0 Å². The molecule has 0 N–H and O–H groups in total. The van der Waals surface area contributed by atoms with Gasteiger partial charge >= 0.3 is 0 Å². The summed E-state index contributed by atoms with van der Waals surface area (Å²) in [5.74, 6) is -1.37. The van der Waals surface area contributed by atoms with Crippen molar-refractivity contribution in [2.45, 2.75) is 12.5 Å². The van der Waals surface area contributed by atoms with E-state index < -0.39 is 11.9 Å². The molecule has 2 aromatic rings. The fraction of sp³-hybridized carbons (Fsp3) is 0.300. The van der Waals surface area contributed by atoms with Crippen molar-refractivity contribution in [1.29, 1.82) is 0 Å². The van der Waals surface area contributed by atoms with Gasteiger partial charge in [0.25, 0.3) is 5.91 Å². The smallest absolute Gasteiger partial charge is 0.251 e. The molecule has 5 nitrogen and oxygen atoms in total. The van der Waals surface area contributed by atoms with E-state index in [0.717, 1.165) is 10.6 Å². The minimum Gasteiger partial charge on any atom is -0.369 e. The van der Waals surface area contributed by atoms with E-state index >= 15 is 0 Å². The average molecular weight is 371 g/mol. The zero-order valence-electron chi connectivity index (χ0n) is 14.6. The van der Waals surface area contributed by atoms with Crippen molar-refractivity contribution in [1.82, 2.24) is 4.90 Å². The van der Waals surface area contributed by atoms with Gasteiger partial charge in [-0.3, -0.25) is 14.5 Å². The van der Waals surface area contributed by atoms with Gasteiger partial charge < -0.3 is 4.90 Å². The lowest BCUT2D eigenvalue weighted by atomic mass is 10.1. The summed E-state index contributed by atoms with van der Waals surface area (Å²) in [6.45, 7) is 2.61. The Kier molecular flexibility index (Phi) is 4.61. The Labute approximate surface area is 155 Å². The summed E-state index contributed by atoms with van der Waals surface area (Å²) in [6, 6.07) is 11.3. The standard InChI is InChI=1S/C20H19F2N3O2/c21-14-4-6-16(7-5-14)23-8-10-24(11-9-23)18-13-19(26)25(20(18)27)17-3-1-2-15(22)12-17/h1-7,12,18H,8-11,13H2/t18-/m0/s1.